The predicted octanol–water partition coefficient (Wildman–Crippen LogP) is 8.82. The molecule has 5 rings (SSSR count). The van der Waals surface area contributed by atoms with Crippen molar-refractivity contribution in [1.29, 1.82) is 0 Å². The molecule has 0 spiro atoms. The van der Waals surface area contributed by atoms with E-state index < -0.39 is 0 Å². The summed E-state index contributed by atoms with van der Waals surface area (Å²) in [5, 5.41) is 0. The minimum atomic E-state index is 0.298. The zero-order valence-corrected chi connectivity index (χ0v) is 22.7. The molecule has 0 saturated heterocycles. The zero-order chi connectivity index (χ0) is 23.2. The molecule has 182 valence electrons. The first-order chi connectivity index (χ1) is 14.9. The maximum atomic E-state index is 6.05. The number of allylic oxidation sites excluding steroid dienone is 2. The smallest absolute Gasteiger partial charge is 0.0625 e. The van der Waals surface area contributed by atoms with Crippen molar-refractivity contribution in [3.05, 3.63) is 11.6 Å². The standard InChI is InChI=1S/C31H52O/c1-27(2)16-9-17-30(6)22-11-13-25-29(5,20-21(22)10-12-23(27)30)18-14-24-28(3,4)26(32-8)15-19-31(24,25)7/h10,22-26H,9,11-20H2,1-8H3/t22-,23-,24-,25-,26-,29-,30+,31-/m0/s1. The van der Waals surface area contributed by atoms with Crippen LogP contribution in [0.15, 0.2) is 11.6 Å². The highest BCUT2D eigenvalue weighted by molar-refractivity contribution is 5.24. The minimum Gasteiger partial charge on any atom is -0.381 e. The molecule has 1 nitrogen and oxygen atoms in total. The molecule has 0 radical (unpaired) electrons. The number of rotatable bonds is 1. The van der Waals surface area contributed by atoms with Gasteiger partial charge in [-0.1, -0.05) is 66.5 Å². The largest absolute Gasteiger partial charge is 0.381 e. The second-order valence-electron chi connectivity index (χ2n) is 15.1. The second kappa shape index (κ2) is 7.35. The Kier molecular flexibility index (Phi) is 5.38. The zero-order valence-electron chi connectivity index (χ0n) is 22.7. The highest BCUT2D eigenvalue weighted by Gasteiger charge is 2.62. The Morgan fingerprint density at radius 3 is 2.22 bits per heavy atom. The fourth-order valence-corrected chi connectivity index (χ4v) is 11.5. The number of methoxy groups -OCH3 is 1. The van der Waals surface area contributed by atoms with Crippen molar-refractivity contribution < 1.29 is 4.74 Å². The van der Waals surface area contributed by atoms with E-state index in [1.807, 2.05) is 12.7 Å². The molecular weight excluding hydrogens is 388 g/mol. The Labute approximate surface area is 199 Å². The first-order valence-corrected chi connectivity index (χ1v) is 14.1. The van der Waals surface area contributed by atoms with Crippen LogP contribution in [-0.2, 0) is 4.74 Å². The highest BCUT2D eigenvalue weighted by Crippen LogP contribution is 2.70. The van der Waals surface area contributed by atoms with Crippen molar-refractivity contribution >= 4 is 0 Å². The number of ether oxygens (including phenoxy) is 1. The van der Waals surface area contributed by atoms with Gasteiger partial charge in [-0.25, -0.2) is 0 Å². The maximum Gasteiger partial charge on any atom is 0.0625 e. The van der Waals surface area contributed by atoms with Gasteiger partial charge in [0.2, 0.25) is 0 Å². The summed E-state index contributed by atoms with van der Waals surface area (Å²) in [5.41, 5.74) is 4.20. The SMILES string of the molecule is CO[C@H]1CC[C@@]2(C)[C@@H](CC[C@@]3(C)CC4=CC[C@H]5C(C)(C)CCC[C@]5(C)[C@H]4CC[C@@H]32)C1(C)C. The van der Waals surface area contributed by atoms with E-state index in [0.717, 1.165) is 23.7 Å². The Balaban J connectivity index is 1.49. The summed E-state index contributed by atoms with van der Waals surface area (Å²) in [6.45, 7) is 18.3. The molecule has 8 atom stereocenters. The third kappa shape index (κ3) is 3.11. The quantitative estimate of drug-likeness (QED) is 0.370. The summed E-state index contributed by atoms with van der Waals surface area (Å²) < 4.78 is 6.05. The van der Waals surface area contributed by atoms with Gasteiger partial charge in [0.05, 0.1) is 6.10 Å². The molecular formula is C31H52O. The van der Waals surface area contributed by atoms with E-state index in [1.54, 1.807) is 0 Å². The number of fused-ring (bicyclic) bond motifs is 6. The van der Waals surface area contributed by atoms with Gasteiger partial charge in [0.25, 0.3) is 0 Å². The predicted molar refractivity (Wildman–Crippen MR) is 136 cm³/mol. The highest BCUT2D eigenvalue weighted by atomic mass is 16.5. The molecule has 5 aliphatic carbocycles. The summed E-state index contributed by atoms with van der Waals surface area (Å²) in [6, 6.07) is 0. The lowest BCUT2D eigenvalue weighted by Crippen LogP contribution is -2.58. The fraction of sp³-hybridized carbons (Fsp3) is 0.935. The molecule has 0 bridgehead atoms. The number of hydrogen-bond acceptors (Lipinski definition) is 1. The molecule has 4 fully saturated rings. The van der Waals surface area contributed by atoms with Gasteiger partial charge in [0, 0.05) is 7.11 Å². The molecule has 0 aliphatic heterocycles. The maximum absolute atomic E-state index is 6.05. The first-order valence-electron chi connectivity index (χ1n) is 14.1. The summed E-state index contributed by atoms with van der Waals surface area (Å²) in [6.07, 6.45) is 18.6. The Bertz CT molecular complexity index is 775. The van der Waals surface area contributed by atoms with E-state index in [4.69, 9.17) is 4.74 Å². The lowest BCUT2D eigenvalue weighted by molar-refractivity contribution is -0.177. The van der Waals surface area contributed by atoms with E-state index in [0.29, 0.717) is 33.2 Å². The van der Waals surface area contributed by atoms with E-state index in [9.17, 15) is 0 Å². The van der Waals surface area contributed by atoms with Gasteiger partial charge in [-0.15, -0.1) is 0 Å². The third-order valence-corrected chi connectivity index (χ3v) is 12.9. The molecule has 32 heavy (non-hydrogen) atoms. The van der Waals surface area contributed by atoms with Gasteiger partial charge in [-0.2, -0.15) is 0 Å². The normalized spacial score (nSPS) is 51.9. The molecule has 0 heterocycles. The molecule has 0 aromatic carbocycles. The fourth-order valence-electron chi connectivity index (χ4n) is 11.5. The Morgan fingerprint density at radius 2 is 1.50 bits per heavy atom. The molecule has 0 unspecified atom stereocenters. The lowest BCUT2D eigenvalue weighted by Gasteiger charge is -2.64. The van der Waals surface area contributed by atoms with Crippen LogP contribution in [0, 0.1) is 50.7 Å². The van der Waals surface area contributed by atoms with Crippen LogP contribution in [0.3, 0.4) is 0 Å². The van der Waals surface area contributed by atoms with Crippen molar-refractivity contribution in [2.75, 3.05) is 7.11 Å². The van der Waals surface area contributed by atoms with Crippen LogP contribution in [0.4, 0.5) is 0 Å². The number of hydrogen-bond donors (Lipinski definition) is 0. The van der Waals surface area contributed by atoms with Gasteiger partial charge >= 0.3 is 0 Å². The van der Waals surface area contributed by atoms with Crippen LogP contribution in [-0.4, -0.2) is 13.2 Å². The van der Waals surface area contributed by atoms with Gasteiger partial charge in [-0.05, 0) is 115 Å². The van der Waals surface area contributed by atoms with Crippen molar-refractivity contribution in [2.45, 2.75) is 125 Å². The topological polar surface area (TPSA) is 9.23 Å². The van der Waals surface area contributed by atoms with Crippen LogP contribution >= 0.6 is 0 Å². The van der Waals surface area contributed by atoms with Crippen molar-refractivity contribution in [1.82, 2.24) is 0 Å². The van der Waals surface area contributed by atoms with E-state index in [1.165, 1.54) is 70.6 Å². The molecule has 0 amide bonds. The van der Waals surface area contributed by atoms with Crippen LogP contribution in [0.2, 0.25) is 0 Å². The summed E-state index contributed by atoms with van der Waals surface area (Å²) in [5.74, 6) is 3.40. The molecule has 0 aromatic heterocycles. The van der Waals surface area contributed by atoms with Gasteiger partial charge in [0.15, 0.2) is 0 Å². The monoisotopic (exact) mass is 440 g/mol. The van der Waals surface area contributed by atoms with Gasteiger partial charge in [0.1, 0.15) is 0 Å². The summed E-state index contributed by atoms with van der Waals surface area (Å²) in [4.78, 5) is 0. The Morgan fingerprint density at radius 1 is 0.750 bits per heavy atom. The van der Waals surface area contributed by atoms with Crippen LogP contribution in [0.5, 0.6) is 0 Å². The Hall–Kier alpha value is -0.300. The van der Waals surface area contributed by atoms with Gasteiger partial charge in [-0.3, -0.25) is 0 Å². The van der Waals surface area contributed by atoms with Crippen molar-refractivity contribution in [3.8, 4) is 0 Å². The van der Waals surface area contributed by atoms with Gasteiger partial charge < -0.3 is 4.74 Å². The van der Waals surface area contributed by atoms with E-state index in [-0.39, 0.29) is 0 Å². The third-order valence-electron chi connectivity index (χ3n) is 12.9. The average Bonchev–Trinajstić information content (AvgIpc) is 2.84. The average molecular weight is 441 g/mol. The van der Waals surface area contributed by atoms with Crippen LogP contribution in [0.1, 0.15) is 119 Å². The van der Waals surface area contributed by atoms with Crippen molar-refractivity contribution in [3.63, 3.8) is 0 Å². The molecule has 4 saturated carbocycles. The van der Waals surface area contributed by atoms with Crippen molar-refractivity contribution in [2.24, 2.45) is 50.7 Å². The first kappa shape index (κ1) is 23.4. The second-order valence-corrected chi connectivity index (χ2v) is 15.1. The summed E-state index contributed by atoms with van der Waals surface area (Å²) in [7, 11) is 1.95. The molecule has 5 aliphatic rings. The van der Waals surface area contributed by atoms with Crippen LogP contribution < -0.4 is 0 Å². The molecule has 0 N–H and O–H groups in total. The molecule has 1 heteroatoms. The minimum absolute atomic E-state index is 0.298. The van der Waals surface area contributed by atoms with E-state index in [2.05, 4.69) is 54.5 Å². The van der Waals surface area contributed by atoms with Crippen LogP contribution in [0.25, 0.3) is 0 Å². The van der Waals surface area contributed by atoms with E-state index >= 15 is 0 Å². The summed E-state index contributed by atoms with van der Waals surface area (Å²) >= 11 is 0. The lowest BCUT2D eigenvalue weighted by atomic mass is 9.42. The molecule has 0 aromatic rings.